The van der Waals surface area contributed by atoms with E-state index in [9.17, 15) is 4.57 Å². The molecule has 2 heterocycles. The van der Waals surface area contributed by atoms with E-state index in [0.29, 0.717) is 30.1 Å². The number of fused-ring (bicyclic) bond motifs is 1. The molecular weight excluding hydrogens is 565 g/mol. The molecule has 40 heavy (non-hydrogen) atoms. The molecule has 0 saturated carbocycles. The highest BCUT2D eigenvalue weighted by molar-refractivity contribution is 8.76. The lowest BCUT2D eigenvalue weighted by molar-refractivity contribution is 0.0697. The van der Waals surface area contributed by atoms with E-state index in [1.807, 2.05) is 22.3 Å². The third-order valence-electron chi connectivity index (χ3n) is 6.80. The average Bonchev–Trinajstić information content (AvgIpc) is 3.37. The summed E-state index contributed by atoms with van der Waals surface area (Å²) in [6.45, 7) is 5.00. The summed E-state index contributed by atoms with van der Waals surface area (Å²) in [4.78, 5) is 12.4. The first kappa shape index (κ1) is 35.4. The molecule has 2 aromatic heterocycles. The van der Waals surface area contributed by atoms with Crippen LogP contribution in [0.4, 0.5) is 5.82 Å². The molecule has 0 bridgehead atoms. The van der Waals surface area contributed by atoms with Crippen molar-refractivity contribution in [2.45, 2.75) is 116 Å². The molecule has 0 fully saturated rings. The normalized spacial score (nSPS) is 14.1. The number of hydrogen-bond donors (Lipinski definition) is 1. The van der Waals surface area contributed by atoms with Crippen LogP contribution in [-0.2, 0) is 24.9 Å². The molecule has 12 heteroatoms. The Morgan fingerprint density at radius 1 is 0.900 bits per heavy atom. The minimum Gasteiger partial charge on any atom is -0.382 e. The van der Waals surface area contributed by atoms with Gasteiger partial charge in [0.05, 0.1) is 25.6 Å². The Kier molecular flexibility index (Phi) is 19.3. The Labute approximate surface area is 249 Å². The summed E-state index contributed by atoms with van der Waals surface area (Å²) in [6, 6.07) is 0. The van der Waals surface area contributed by atoms with Gasteiger partial charge in [-0.25, -0.2) is 15.0 Å². The van der Waals surface area contributed by atoms with Crippen molar-refractivity contribution in [3.63, 3.8) is 0 Å². The number of nitrogens with zero attached hydrogens (tertiary/aromatic N) is 4. The van der Waals surface area contributed by atoms with Crippen LogP contribution in [0.25, 0.3) is 11.2 Å². The van der Waals surface area contributed by atoms with Crippen molar-refractivity contribution in [1.29, 1.82) is 0 Å². The number of ether oxygens (including phenoxy) is 1. The summed E-state index contributed by atoms with van der Waals surface area (Å²) < 4.78 is 31.3. The van der Waals surface area contributed by atoms with Crippen LogP contribution >= 0.6 is 29.2 Å². The number of nitrogen functional groups attached to an aromatic ring is 1. The molecule has 2 rings (SSSR count). The number of hydrogen-bond acceptors (Lipinski definition) is 10. The zero-order chi connectivity index (χ0) is 28.9. The van der Waals surface area contributed by atoms with Crippen molar-refractivity contribution in [3.8, 4) is 0 Å². The summed E-state index contributed by atoms with van der Waals surface area (Å²) in [6.07, 6.45) is 22.1. The second-order valence-electron chi connectivity index (χ2n) is 10.3. The van der Waals surface area contributed by atoms with E-state index in [1.54, 1.807) is 17.1 Å². The Balaban J connectivity index is 1.42. The van der Waals surface area contributed by atoms with E-state index in [0.717, 1.165) is 11.5 Å². The van der Waals surface area contributed by atoms with Crippen LogP contribution in [0.3, 0.4) is 0 Å². The van der Waals surface area contributed by atoms with Crippen LogP contribution in [0, 0.1) is 0 Å². The first-order chi connectivity index (χ1) is 19.5. The van der Waals surface area contributed by atoms with Crippen molar-refractivity contribution >= 4 is 46.2 Å². The molecule has 9 nitrogen and oxygen atoms in total. The summed E-state index contributed by atoms with van der Waals surface area (Å²) in [5.74, 6) is 2.24. The van der Waals surface area contributed by atoms with E-state index in [1.165, 1.54) is 103 Å². The zero-order valence-electron chi connectivity index (χ0n) is 24.9. The average molecular weight is 618 g/mol. The zero-order valence-corrected chi connectivity index (χ0v) is 27.5. The fourth-order valence-electron chi connectivity index (χ4n) is 4.41. The van der Waals surface area contributed by atoms with Crippen molar-refractivity contribution in [2.75, 3.05) is 37.3 Å². The monoisotopic (exact) mass is 617 g/mol. The third kappa shape index (κ3) is 14.9. The van der Waals surface area contributed by atoms with Gasteiger partial charge in [0.25, 0.3) is 0 Å². The van der Waals surface area contributed by atoms with Gasteiger partial charge in [0, 0.05) is 18.6 Å². The van der Waals surface area contributed by atoms with Gasteiger partial charge >= 0.3 is 7.60 Å². The van der Waals surface area contributed by atoms with E-state index < -0.39 is 7.60 Å². The van der Waals surface area contributed by atoms with Gasteiger partial charge in [-0.3, -0.25) is 4.57 Å². The SMILES string of the molecule is CCCCCCCCCCCCCCCCSSCCOP(=O)(CO[C@H](C)Cn1cnc2c(N)ncnc21)OC. The second-order valence-corrected chi connectivity index (χ2v) is 15.1. The maximum atomic E-state index is 12.9. The van der Waals surface area contributed by atoms with E-state index in [4.69, 9.17) is 19.5 Å². The maximum Gasteiger partial charge on any atom is 0.355 e. The van der Waals surface area contributed by atoms with E-state index in [2.05, 4.69) is 21.9 Å². The lowest BCUT2D eigenvalue weighted by Crippen LogP contribution is -2.18. The maximum absolute atomic E-state index is 12.9. The molecule has 2 atom stereocenters. The number of nitrogens with two attached hydrogens (primary N) is 1. The van der Waals surface area contributed by atoms with Gasteiger partial charge in [-0.15, -0.1) is 0 Å². The molecule has 0 aliphatic heterocycles. The molecule has 0 radical (unpaired) electrons. The van der Waals surface area contributed by atoms with Crippen LogP contribution in [0.15, 0.2) is 12.7 Å². The topological polar surface area (TPSA) is 114 Å². The Hall–Kier alpha value is -0.840. The van der Waals surface area contributed by atoms with Crippen molar-refractivity contribution < 1.29 is 18.3 Å². The van der Waals surface area contributed by atoms with Crippen LogP contribution < -0.4 is 5.73 Å². The van der Waals surface area contributed by atoms with Gasteiger partial charge < -0.3 is 24.1 Å². The summed E-state index contributed by atoms with van der Waals surface area (Å²) >= 11 is 0. The van der Waals surface area contributed by atoms with Crippen molar-refractivity contribution in [3.05, 3.63) is 12.7 Å². The highest BCUT2D eigenvalue weighted by Gasteiger charge is 2.25. The van der Waals surface area contributed by atoms with Gasteiger partial charge in [-0.1, -0.05) is 112 Å². The standard InChI is InChI=1S/C28H52N5O4PS2/c1-4-5-6-7-8-9-10-11-12-13-14-15-16-17-19-39-40-20-18-37-38(34,35-3)24-36-25(2)21-33-23-32-26-27(29)30-22-31-28(26)33/h22-23,25H,4-21,24H2,1-3H3,(H2,29,30,31)/t25-,38?/m1/s1. The van der Waals surface area contributed by atoms with E-state index >= 15 is 0 Å². The second kappa shape index (κ2) is 21.8. The number of unbranched alkanes of at least 4 members (excludes halogenated alkanes) is 13. The molecule has 0 spiro atoms. The van der Waals surface area contributed by atoms with Crippen LogP contribution in [-0.4, -0.2) is 57.2 Å². The van der Waals surface area contributed by atoms with Gasteiger partial charge in [0.1, 0.15) is 18.2 Å². The Morgan fingerprint density at radius 3 is 2.12 bits per heavy atom. The third-order valence-corrected chi connectivity index (χ3v) is 10.9. The molecule has 0 amide bonds. The molecule has 0 aliphatic carbocycles. The molecule has 230 valence electrons. The fraction of sp³-hybridized carbons (Fsp3) is 0.821. The Bertz CT molecular complexity index is 968. The van der Waals surface area contributed by atoms with Gasteiger partial charge in [0.2, 0.25) is 0 Å². The summed E-state index contributed by atoms with van der Waals surface area (Å²) in [7, 11) is 1.72. The highest BCUT2D eigenvalue weighted by atomic mass is 33.1. The summed E-state index contributed by atoms with van der Waals surface area (Å²) in [5.41, 5.74) is 7.04. The van der Waals surface area contributed by atoms with Crippen LogP contribution in [0.2, 0.25) is 0 Å². The molecule has 2 N–H and O–H groups in total. The predicted molar refractivity (Wildman–Crippen MR) is 171 cm³/mol. The lowest BCUT2D eigenvalue weighted by Gasteiger charge is -2.19. The molecular formula is C28H52N5O4PS2. The highest BCUT2D eigenvalue weighted by Crippen LogP contribution is 2.47. The molecule has 0 aliphatic rings. The van der Waals surface area contributed by atoms with Crippen molar-refractivity contribution in [1.82, 2.24) is 19.5 Å². The van der Waals surface area contributed by atoms with Gasteiger partial charge in [0.15, 0.2) is 11.5 Å². The predicted octanol–water partition coefficient (Wildman–Crippen LogP) is 8.49. The Morgan fingerprint density at radius 2 is 1.50 bits per heavy atom. The fourth-order valence-corrected chi connectivity index (χ4v) is 7.60. The van der Waals surface area contributed by atoms with Crippen LogP contribution in [0.5, 0.6) is 0 Å². The first-order valence-electron chi connectivity index (χ1n) is 15.1. The van der Waals surface area contributed by atoms with Crippen molar-refractivity contribution in [2.24, 2.45) is 0 Å². The molecule has 1 unspecified atom stereocenters. The largest absolute Gasteiger partial charge is 0.382 e. The molecule has 0 saturated heterocycles. The first-order valence-corrected chi connectivity index (χ1v) is 19.3. The molecule has 0 aromatic carbocycles. The van der Waals surface area contributed by atoms with Crippen LogP contribution in [0.1, 0.15) is 104 Å². The van der Waals surface area contributed by atoms with E-state index in [-0.39, 0.29) is 12.5 Å². The number of aromatic nitrogens is 4. The minimum absolute atomic E-state index is 0.106. The lowest BCUT2D eigenvalue weighted by atomic mass is 10.0. The minimum atomic E-state index is -3.31. The number of imidazole rings is 1. The van der Waals surface area contributed by atoms with Gasteiger partial charge in [-0.2, -0.15) is 0 Å². The molecule has 2 aromatic rings. The number of anilines is 1. The van der Waals surface area contributed by atoms with Gasteiger partial charge in [-0.05, 0) is 13.3 Å². The quantitative estimate of drug-likeness (QED) is 0.0626. The number of rotatable bonds is 26. The summed E-state index contributed by atoms with van der Waals surface area (Å²) in [5, 5.41) is 0. The smallest absolute Gasteiger partial charge is 0.355 e.